The van der Waals surface area contributed by atoms with Gasteiger partial charge in [-0.1, -0.05) is 0 Å². The van der Waals surface area contributed by atoms with Gasteiger partial charge in [-0.2, -0.15) is 0 Å². The van der Waals surface area contributed by atoms with Gasteiger partial charge in [-0.05, 0) is 54.0 Å². The van der Waals surface area contributed by atoms with Gasteiger partial charge in [-0.15, -0.1) is 11.3 Å². The van der Waals surface area contributed by atoms with E-state index in [1.807, 2.05) is 12.3 Å². The molecule has 0 saturated carbocycles. The van der Waals surface area contributed by atoms with Crippen LogP contribution in [0.1, 0.15) is 17.7 Å². The topological polar surface area (TPSA) is 84.1 Å². The Balaban J connectivity index is 1.48. The predicted molar refractivity (Wildman–Crippen MR) is 95.1 cm³/mol. The van der Waals surface area contributed by atoms with Crippen molar-refractivity contribution in [2.24, 2.45) is 5.92 Å². The number of pyridine rings is 1. The van der Waals surface area contributed by atoms with Crippen LogP contribution in [0.15, 0.2) is 29.0 Å². The van der Waals surface area contributed by atoms with E-state index in [4.69, 9.17) is 5.73 Å². The lowest BCUT2D eigenvalue weighted by atomic mass is 9.96. The first-order valence-electron chi connectivity index (χ1n) is 7.45. The number of nitrogens with one attached hydrogen (secondary N) is 1. The molecule has 1 saturated heterocycles. The molecule has 0 aliphatic carbocycles. The minimum atomic E-state index is 0.0447. The Morgan fingerprint density at radius 3 is 2.74 bits per heavy atom. The first-order valence-corrected chi connectivity index (χ1v) is 9.06. The molecule has 0 aromatic carbocycles. The van der Waals surface area contributed by atoms with E-state index in [0.717, 1.165) is 36.9 Å². The lowest BCUT2D eigenvalue weighted by Crippen LogP contribution is -2.37. The SMILES string of the molecule is Nc1ncc(CN2CCC(C(=O)Nc3ccc(Br)cn3)CC2)s1. The number of piperidine rings is 1. The first kappa shape index (κ1) is 16.4. The molecule has 1 aliphatic rings. The minimum Gasteiger partial charge on any atom is -0.375 e. The zero-order valence-electron chi connectivity index (χ0n) is 12.5. The lowest BCUT2D eigenvalue weighted by molar-refractivity contribution is -0.121. The second kappa shape index (κ2) is 7.37. The maximum absolute atomic E-state index is 12.3. The second-order valence-corrected chi connectivity index (χ2v) is 7.63. The molecule has 8 heteroatoms. The monoisotopic (exact) mass is 395 g/mol. The van der Waals surface area contributed by atoms with Crippen molar-refractivity contribution in [1.29, 1.82) is 0 Å². The van der Waals surface area contributed by atoms with Crippen molar-refractivity contribution >= 4 is 44.1 Å². The zero-order valence-corrected chi connectivity index (χ0v) is 14.9. The summed E-state index contributed by atoms with van der Waals surface area (Å²) in [7, 11) is 0. The van der Waals surface area contributed by atoms with Crippen LogP contribution in [0.5, 0.6) is 0 Å². The van der Waals surface area contributed by atoms with Gasteiger partial charge in [0.05, 0.1) is 0 Å². The van der Waals surface area contributed by atoms with Gasteiger partial charge < -0.3 is 11.1 Å². The predicted octanol–water partition coefficient (Wildman–Crippen LogP) is 2.73. The maximum atomic E-state index is 12.3. The molecule has 23 heavy (non-hydrogen) atoms. The number of rotatable bonds is 4. The lowest BCUT2D eigenvalue weighted by Gasteiger charge is -2.30. The third kappa shape index (κ3) is 4.49. The van der Waals surface area contributed by atoms with Crippen molar-refractivity contribution in [3.63, 3.8) is 0 Å². The van der Waals surface area contributed by atoms with Crippen LogP contribution in [-0.4, -0.2) is 33.9 Å². The number of likely N-dealkylation sites (tertiary alicyclic amines) is 1. The summed E-state index contributed by atoms with van der Waals surface area (Å²) < 4.78 is 0.896. The number of hydrogen-bond acceptors (Lipinski definition) is 6. The number of halogens is 1. The smallest absolute Gasteiger partial charge is 0.228 e. The molecule has 3 heterocycles. The molecule has 1 fully saturated rings. The highest BCUT2D eigenvalue weighted by Gasteiger charge is 2.25. The summed E-state index contributed by atoms with van der Waals surface area (Å²) in [5.41, 5.74) is 5.66. The molecule has 0 spiro atoms. The number of carbonyl (C=O) groups excluding carboxylic acids is 1. The first-order chi connectivity index (χ1) is 11.1. The van der Waals surface area contributed by atoms with Crippen molar-refractivity contribution in [1.82, 2.24) is 14.9 Å². The van der Waals surface area contributed by atoms with Crippen molar-refractivity contribution < 1.29 is 4.79 Å². The largest absolute Gasteiger partial charge is 0.375 e. The fraction of sp³-hybridized carbons (Fsp3) is 0.400. The van der Waals surface area contributed by atoms with Crippen LogP contribution < -0.4 is 11.1 Å². The van der Waals surface area contributed by atoms with E-state index in [1.54, 1.807) is 12.3 Å². The summed E-state index contributed by atoms with van der Waals surface area (Å²) in [6.45, 7) is 2.67. The van der Waals surface area contributed by atoms with E-state index in [2.05, 4.69) is 36.1 Å². The second-order valence-electron chi connectivity index (χ2n) is 5.57. The van der Waals surface area contributed by atoms with Gasteiger partial charge in [-0.25, -0.2) is 9.97 Å². The van der Waals surface area contributed by atoms with Crippen LogP contribution in [0.25, 0.3) is 0 Å². The molecule has 2 aromatic heterocycles. The molecule has 0 unspecified atom stereocenters. The van der Waals surface area contributed by atoms with Crippen molar-refractivity contribution in [3.05, 3.63) is 33.9 Å². The van der Waals surface area contributed by atoms with Gasteiger partial charge in [0.15, 0.2) is 5.13 Å². The number of thiazole rings is 1. The normalized spacial score (nSPS) is 16.4. The number of nitrogen functional groups attached to an aromatic ring is 1. The number of nitrogens with zero attached hydrogens (tertiary/aromatic N) is 3. The van der Waals surface area contributed by atoms with E-state index < -0.39 is 0 Å². The van der Waals surface area contributed by atoms with Crippen LogP contribution in [0.2, 0.25) is 0 Å². The summed E-state index contributed by atoms with van der Waals surface area (Å²) in [5, 5.41) is 3.50. The van der Waals surface area contributed by atoms with E-state index in [1.165, 1.54) is 16.2 Å². The standard InChI is InChI=1S/C15H18BrN5OS/c16-11-1-2-13(18-7-11)20-14(22)10-3-5-21(6-4-10)9-12-8-19-15(17)23-12/h1-2,7-8,10H,3-6,9H2,(H2,17,19)(H,18,20,22). The summed E-state index contributed by atoms with van der Waals surface area (Å²) in [5.74, 6) is 0.700. The molecule has 0 atom stereocenters. The van der Waals surface area contributed by atoms with Crippen molar-refractivity contribution in [2.45, 2.75) is 19.4 Å². The van der Waals surface area contributed by atoms with Gasteiger partial charge in [0.1, 0.15) is 5.82 Å². The fourth-order valence-corrected chi connectivity index (χ4v) is 3.61. The van der Waals surface area contributed by atoms with E-state index in [-0.39, 0.29) is 11.8 Å². The van der Waals surface area contributed by atoms with Crippen LogP contribution >= 0.6 is 27.3 Å². The average molecular weight is 396 g/mol. The third-order valence-electron chi connectivity index (χ3n) is 3.89. The molecule has 6 nitrogen and oxygen atoms in total. The Kier molecular flexibility index (Phi) is 5.24. The van der Waals surface area contributed by atoms with Crippen LogP contribution in [0.3, 0.4) is 0 Å². The minimum absolute atomic E-state index is 0.0447. The van der Waals surface area contributed by atoms with E-state index in [9.17, 15) is 4.79 Å². The Bertz CT molecular complexity index is 667. The van der Waals surface area contributed by atoms with E-state index in [0.29, 0.717) is 10.9 Å². The molecule has 122 valence electrons. The maximum Gasteiger partial charge on any atom is 0.228 e. The molecule has 1 aliphatic heterocycles. The zero-order chi connectivity index (χ0) is 16.2. The molecular weight excluding hydrogens is 378 g/mol. The third-order valence-corrected chi connectivity index (χ3v) is 5.17. The number of nitrogens with two attached hydrogens (primary N) is 1. The van der Waals surface area contributed by atoms with Gasteiger partial charge >= 0.3 is 0 Å². The number of carbonyl (C=O) groups is 1. The summed E-state index contributed by atoms with van der Waals surface area (Å²) >= 11 is 4.86. The van der Waals surface area contributed by atoms with Gasteiger partial charge in [-0.3, -0.25) is 9.69 Å². The van der Waals surface area contributed by atoms with Gasteiger partial charge in [0.2, 0.25) is 5.91 Å². The highest BCUT2D eigenvalue weighted by Crippen LogP contribution is 2.23. The quantitative estimate of drug-likeness (QED) is 0.830. The fourth-order valence-electron chi connectivity index (χ4n) is 2.65. The van der Waals surface area contributed by atoms with E-state index >= 15 is 0 Å². The number of anilines is 2. The number of amides is 1. The average Bonchev–Trinajstić information content (AvgIpc) is 2.95. The molecular formula is C15H18BrN5OS. The Labute approximate surface area is 147 Å². The number of aromatic nitrogens is 2. The van der Waals surface area contributed by atoms with Gasteiger partial charge in [0, 0.05) is 34.2 Å². The molecule has 0 bridgehead atoms. The molecule has 1 amide bonds. The Hall–Kier alpha value is -1.51. The molecule has 0 radical (unpaired) electrons. The van der Waals surface area contributed by atoms with Crippen LogP contribution in [0, 0.1) is 5.92 Å². The highest BCUT2D eigenvalue weighted by atomic mass is 79.9. The summed E-state index contributed by atoms with van der Waals surface area (Å²) in [6, 6.07) is 3.66. The number of hydrogen-bond donors (Lipinski definition) is 2. The van der Waals surface area contributed by atoms with Crippen LogP contribution in [0.4, 0.5) is 10.9 Å². The van der Waals surface area contributed by atoms with Crippen molar-refractivity contribution in [2.75, 3.05) is 24.1 Å². The molecule has 2 aromatic rings. The Morgan fingerprint density at radius 2 is 2.13 bits per heavy atom. The highest BCUT2D eigenvalue weighted by molar-refractivity contribution is 9.10. The molecule has 3 N–H and O–H groups in total. The summed E-state index contributed by atoms with van der Waals surface area (Å²) in [4.78, 5) is 24.1. The molecule has 3 rings (SSSR count). The van der Waals surface area contributed by atoms with Gasteiger partial charge in [0.25, 0.3) is 0 Å². The Morgan fingerprint density at radius 1 is 1.35 bits per heavy atom. The van der Waals surface area contributed by atoms with Crippen LogP contribution in [-0.2, 0) is 11.3 Å². The van der Waals surface area contributed by atoms with Crippen molar-refractivity contribution in [3.8, 4) is 0 Å². The summed E-state index contributed by atoms with van der Waals surface area (Å²) in [6.07, 6.45) is 5.23.